The van der Waals surface area contributed by atoms with Crippen molar-refractivity contribution in [3.8, 4) is 5.75 Å². The van der Waals surface area contributed by atoms with Gasteiger partial charge in [-0.3, -0.25) is 0 Å². The first-order valence-corrected chi connectivity index (χ1v) is 9.36. The summed E-state index contributed by atoms with van der Waals surface area (Å²) in [4.78, 5) is 2.61. The summed E-state index contributed by atoms with van der Waals surface area (Å²) in [6.07, 6.45) is 3.48. The molecule has 26 heavy (non-hydrogen) atoms. The van der Waals surface area contributed by atoms with Crippen LogP contribution in [0.5, 0.6) is 5.75 Å². The van der Waals surface area contributed by atoms with Gasteiger partial charge in [-0.1, -0.05) is 60.7 Å². The Bertz CT molecular complexity index is 814. The van der Waals surface area contributed by atoms with E-state index in [1.165, 1.54) is 29.7 Å². The molecule has 2 nitrogen and oxygen atoms in total. The first-order chi connectivity index (χ1) is 12.8. The molecule has 2 atom stereocenters. The highest BCUT2D eigenvalue weighted by molar-refractivity contribution is 5.53. The predicted molar refractivity (Wildman–Crippen MR) is 108 cm³/mol. The molecule has 0 bridgehead atoms. The average Bonchev–Trinajstić information content (AvgIpc) is 3.13. The van der Waals surface area contributed by atoms with Crippen molar-refractivity contribution < 1.29 is 4.74 Å². The van der Waals surface area contributed by atoms with Crippen LogP contribution in [0.25, 0.3) is 0 Å². The average molecular weight is 343 g/mol. The summed E-state index contributed by atoms with van der Waals surface area (Å²) in [6.45, 7) is 0. The lowest BCUT2D eigenvalue weighted by molar-refractivity contribution is 0.414. The van der Waals surface area contributed by atoms with Gasteiger partial charge in [0.2, 0.25) is 0 Å². The number of rotatable bonds is 5. The molecule has 2 heteroatoms. The fraction of sp³-hybridized carbons (Fsp3) is 0.250. The van der Waals surface area contributed by atoms with Crippen molar-refractivity contribution in [3.63, 3.8) is 0 Å². The van der Waals surface area contributed by atoms with Crippen LogP contribution >= 0.6 is 0 Å². The number of hydrogen-bond acceptors (Lipinski definition) is 2. The van der Waals surface area contributed by atoms with Gasteiger partial charge in [0, 0.05) is 11.7 Å². The Morgan fingerprint density at radius 2 is 1.46 bits per heavy atom. The van der Waals surface area contributed by atoms with E-state index in [2.05, 4.69) is 89.8 Å². The fourth-order valence-electron chi connectivity index (χ4n) is 4.12. The number of ether oxygens (including phenoxy) is 1. The summed E-state index contributed by atoms with van der Waals surface area (Å²) in [5.74, 6) is 0.906. The Kier molecular flexibility index (Phi) is 4.92. The van der Waals surface area contributed by atoms with E-state index in [0.29, 0.717) is 12.1 Å². The number of benzene rings is 3. The third kappa shape index (κ3) is 3.45. The molecular weight excluding hydrogens is 318 g/mol. The fourth-order valence-corrected chi connectivity index (χ4v) is 4.12. The van der Waals surface area contributed by atoms with E-state index < -0.39 is 0 Å². The molecule has 3 aromatic rings. The minimum Gasteiger partial charge on any atom is -0.497 e. The second kappa shape index (κ2) is 7.65. The summed E-state index contributed by atoms with van der Waals surface area (Å²) in [5.41, 5.74) is 4.08. The van der Waals surface area contributed by atoms with Gasteiger partial charge >= 0.3 is 0 Å². The molecular formula is C24H25NO. The summed E-state index contributed by atoms with van der Waals surface area (Å²) >= 11 is 0. The minimum atomic E-state index is 0.429. The first kappa shape index (κ1) is 16.7. The molecule has 1 saturated heterocycles. The maximum absolute atomic E-state index is 5.35. The molecule has 4 rings (SSSR count). The van der Waals surface area contributed by atoms with Gasteiger partial charge in [-0.2, -0.15) is 0 Å². The van der Waals surface area contributed by atoms with E-state index in [1.54, 1.807) is 7.11 Å². The molecule has 0 aromatic heterocycles. The van der Waals surface area contributed by atoms with Crippen molar-refractivity contribution in [2.24, 2.45) is 0 Å². The van der Waals surface area contributed by atoms with Crippen LogP contribution < -0.4 is 9.64 Å². The van der Waals surface area contributed by atoms with E-state index in [0.717, 1.165) is 12.2 Å². The second-order valence-electron chi connectivity index (χ2n) is 6.95. The highest BCUT2D eigenvalue weighted by Crippen LogP contribution is 2.41. The van der Waals surface area contributed by atoms with E-state index in [1.807, 2.05) is 0 Å². The summed E-state index contributed by atoms with van der Waals surface area (Å²) in [7, 11) is 1.72. The maximum atomic E-state index is 5.35. The second-order valence-corrected chi connectivity index (χ2v) is 6.95. The van der Waals surface area contributed by atoms with Crippen LogP contribution in [-0.4, -0.2) is 13.2 Å². The van der Waals surface area contributed by atoms with Crippen molar-refractivity contribution in [2.75, 3.05) is 12.0 Å². The Morgan fingerprint density at radius 3 is 2.12 bits per heavy atom. The van der Waals surface area contributed by atoms with Crippen molar-refractivity contribution in [3.05, 3.63) is 96.1 Å². The van der Waals surface area contributed by atoms with Crippen LogP contribution in [0.1, 0.15) is 30.0 Å². The Hall–Kier alpha value is -2.74. The molecule has 0 aliphatic carbocycles. The van der Waals surface area contributed by atoms with Gasteiger partial charge in [-0.25, -0.2) is 0 Å². The molecule has 0 unspecified atom stereocenters. The van der Waals surface area contributed by atoms with Crippen LogP contribution in [0.4, 0.5) is 5.69 Å². The molecule has 1 heterocycles. The monoisotopic (exact) mass is 343 g/mol. The Balaban J connectivity index is 1.67. The summed E-state index contributed by atoms with van der Waals surface area (Å²) < 4.78 is 5.35. The largest absolute Gasteiger partial charge is 0.497 e. The number of hydrogen-bond donors (Lipinski definition) is 0. The van der Waals surface area contributed by atoms with E-state index in [9.17, 15) is 0 Å². The Morgan fingerprint density at radius 1 is 0.808 bits per heavy atom. The van der Waals surface area contributed by atoms with Crippen LogP contribution in [0.15, 0.2) is 84.9 Å². The summed E-state index contributed by atoms with van der Waals surface area (Å²) in [6, 6.07) is 31.2. The highest BCUT2D eigenvalue weighted by Gasteiger charge is 2.34. The lowest BCUT2D eigenvalue weighted by Crippen LogP contribution is -2.33. The molecule has 1 aliphatic heterocycles. The zero-order valence-corrected chi connectivity index (χ0v) is 15.2. The molecule has 1 aliphatic rings. The molecule has 132 valence electrons. The number of methoxy groups -OCH3 is 1. The normalized spacial score (nSPS) is 19.5. The lowest BCUT2D eigenvalue weighted by Gasteiger charge is -2.33. The molecule has 0 saturated carbocycles. The van der Waals surface area contributed by atoms with E-state index in [4.69, 9.17) is 4.74 Å². The quantitative estimate of drug-likeness (QED) is 0.594. The minimum absolute atomic E-state index is 0.429. The number of anilines is 1. The van der Waals surface area contributed by atoms with E-state index in [-0.39, 0.29) is 0 Å². The zero-order valence-electron chi connectivity index (χ0n) is 15.2. The zero-order chi connectivity index (χ0) is 17.8. The SMILES string of the molecule is COc1ccc(N2[C@@H](Cc3ccccc3)CC[C@H]2c2ccccc2)cc1. The van der Waals surface area contributed by atoms with Crippen molar-refractivity contribution >= 4 is 5.69 Å². The predicted octanol–water partition coefficient (Wildman–Crippen LogP) is 5.65. The molecule has 0 amide bonds. The van der Waals surface area contributed by atoms with Gasteiger partial charge < -0.3 is 9.64 Å². The Labute approximate surface area is 156 Å². The molecule has 3 aromatic carbocycles. The van der Waals surface area contributed by atoms with Crippen molar-refractivity contribution in [1.82, 2.24) is 0 Å². The topological polar surface area (TPSA) is 12.5 Å². The molecule has 0 spiro atoms. The van der Waals surface area contributed by atoms with Gasteiger partial charge in [-0.15, -0.1) is 0 Å². The van der Waals surface area contributed by atoms with Crippen LogP contribution in [0.3, 0.4) is 0 Å². The van der Waals surface area contributed by atoms with Gasteiger partial charge in [0.25, 0.3) is 0 Å². The van der Waals surface area contributed by atoms with Crippen LogP contribution in [0, 0.1) is 0 Å². The van der Waals surface area contributed by atoms with Gasteiger partial charge in [-0.05, 0) is 54.7 Å². The standard InChI is InChI=1S/C24H25NO/c1-26-23-15-12-21(13-16-23)25-22(18-19-8-4-2-5-9-19)14-17-24(25)20-10-6-3-7-11-20/h2-13,15-16,22,24H,14,17-18H2,1H3/t22-,24+/m1/s1. The summed E-state index contributed by atoms with van der Waals surface area (Å²) in [5, 5.41) is 0. The smallest absolute Gasteiger partial charge is 0.119 e. The van der Waals surface area contributed by atoms with Gasteiger partial charge in [0.05, 0.1) is 13.2 Å². The van der Waals surface area contributed by atoms with Gasteiger partial charge in [0.15, 0.2) is 0 Å². The van der Waals surface area contributed by atoms with Gasteiger partial charge in [0.1, 0.15) is 5.75 Å². The van der Waals surface area contributed by atoms with Crippen molar-refractivity contribution in [1.29, 1.82) is 0 Å². The lowest BCUT2D eigenvalue weighted by atomic mass is 10.0. The first-order valence-electron chi connectivity index (χ1n) is 9.36. The van der Waals surface area contributed by atoms with E-state index >= 15 is 0 Å². The number of nitrogens with zero attached hydrogens (tertiary/aromatic N) is 1. The van der Waals surface area contributed by atoms with Crippen LogP contribution in [-0.2, 0) is 6.42 Å². The third-order valence-corrected chi connectivity index (χ3v) is 5.37. The van der Waals surface area contributed by atoms with Crippen molar-refractivity contribution in [2.45, 2.75) is 31.3 Å². The molecule has 1 fully saturated rings. The molecule has 0 N–H and O–H groups in total. The molecule has 0 radical (unpaired) electrons. The third-order valence-electron chi connectivity index (χ3n) is 5.37. The van der Waals surface area contributed by atoms with Crippen LogP contribution in [0.2, 0.25) is 0 Å². The maximum Gasteiger partial charge on any atom is 0.119 e. The highest BCUT2D eigenvalue weighted by atomic mass is 16.5.